The minimum absolute atomic E-state index is 0.792. The molecule has 0 bridgehead atoms. The zero-order valence-corrected chi connectivity index (χ0v) is 8.22. The lowest BCUT2D eigenvalue weighted by atomic mass is 10.2. The van der Waals surface area contributed by atoms with Crippen LogP contribution >= 0.6 is 0 Å². The van der Waals surface area contributed by atoms with Crippen molar-refractivity contribution in [3.05, 3.63) is 18.2 Å². The number of benzene rings is 1. The molecule has 3 nitrogen and oxygen atoms in total. The number of nitrogen functional groups attached to an aromatic ring is 1. The van der Waals surface area contributed by atoms with Gasteiger partial charge in [0.2, 0.25) is 0 Å². The van der Waals surface area contributed by atoms with Gasteiger partial charge in [0.05, 0.1) is 17.1 Å². The molecule has 0 aliphatic rings. The molecule has 1 aromatic carbocycles. The Balaban J connectivity index is 2.95. The highest BCUT2D eigenvalue weighted by atomic mass is 15.0. The van der Waals surface area contributed by atoms with E-state index in [0.29, 0.717) is 0 Å². The van der Waals surface area contributed by atoms with Crippen molar-refractivity contribution >= 4 is 17.1 Å². The van der Waals surface area contributed by atoms with Crippen molar-refractivity contribution < 1.29 is 0 Å². The van der Waals surface area contributed by atoms with Crippen LogP contribution in [0.3, 0.4) is 0 Å². The maximum Gasteiger partial charge on any atom is 0.0809 e. The number of nitrogens with one attached hydrogen (secondary N) is 2. The van der Waals surface area contributed by atoms with Gasteiger partial charge in [0.15, 0.2) is 0 Å². The first-order chi connectivity index (χ1) is 6.29. The summed E-state index contributed by atoms with van der Waals surface area (Å²) in [6.45, 7) is 5.91. The largest absolute Gasteiger partial charge is 0.397 e. The SMILES string of the molecule is CCNc1cccc(N)c1NCC. The Hall–Kier alpha value is -1.38. The van der Waals surface area contributed by atoms with Crippen molar-refractivity contribution in [2.24, 2.45) is 0 Å². The van der Waals surface area contributed by atoms with Gasteiger partial charge in [0.25, 0.3) is 0 Å². The van der Waals surface area contributed by atoms with E-state index in [-0.39, 0.29) is 0 Å². The highest BCUT2D eigenvalue weighted by molar-refractivity contribution is 5.80. The first-order valence-electron chi connectivity index (χ1n) is 4.65. The second-order valence-electron chi connectivity index (χ2n) is 2.83. The molecular weight excluding hydrogens is 162 g/mol. The predicted octanol–water partition coefficient (Wildman–Crippen LogP) is 2.13. The fourth-order valence-corrected chi connectivity index (χ4v) is 1.28. The fraction of sp³-hybridized carbons (Fsp3) is 0.400. The van der Waals surface area contributed by atoms with E-state index in [2.05, 4.69) is 24.5 Å². The van der Waals surface area contributed by atoms with Crippen LogP contribution in [0.5, 0.6) is 0 Å². The molecule has 0 atom stereocenters. The van der Waals surface area contributed by atoms with Crippen molar-refractivity contribution in [2.75, 3.05) is 29.5 Å². The molecule has 0 spiro atoms. The average Bonchev–Trinajstić information content (AvgIpc) is 2.11. The fourth-order valence-electron chi connectivity index (χ4n) is 1.28. The number of hydrogen-bond acceptors (Lipinski definition) is 3. The monoisotopic (exact) mass is 179 g/mol. The Morgan fingerprint density at radius 3 is 2.46 bits per heavy atom. The molecule has 13 heavy (non-hydrogen) atoms. The van der Waals surface area contributed by atoms with E-state index in [4.69, 9.17) is 5.73 Å². The Bertz CT molecular complexity index is 271. The normalized spacial score (nSPS) is 9.69. The molecule has 0 fully saturated rings. The molecule has 1 aromatic rings. The summed E-state index contributed by atoms with van der Waals surface area (Å²) in [5, 5.41) is 6.50. The van der Waals surface area contributed by atoms with E-state index in [9.17, 15) is 0 Å². The van der Waals surface area contributed by atoms with Gasteiger partial charge >= 0.3 is 0 Å². The van der Waals surface area contributed by atoms with Gasteiger partial charge in [0, 0.05) is 13.1 Å². The van der Waals surface area contributed by atoms with Crippen LogP contribution in [0.15, 0.2) is 18.2 Å². The summed E-state index contributed by atoms with van der Waals surface area (Å²) < 4.78 is 0. The van der Waals surface area contributed by atoms with Gasteiger partial charge in [-0.15, -0.1) is 0 Å². The van der Waals surface area contributed by atoms with Crippen molar-refractivity contribution in [1.29, 1.82) is 0 Å². The third-order valence-corrected chi connectivity index (χ3v) is 1.82. The number of rotatable bonds is 4. The highest BCUT2D eigenvalue weighted by Crippen LogP contribution is 2.27. The van der Waals surface area contributed by atoms with Crippen molar-refractivity contribution in [1.82, 2.24) is 0 Å². The van der Waals surface area contributed by atoms with E-state index in [1.54, 1.807) is 0 Å². The number of anilines is 3. The summed E-state index contributed by atoms with van der Waals surface area (Å²) in [5.41, 5.74) is 8.71. The molecule has 0 aliphatic carbocycles. The third-order valence-electron chi connectivity index (χ3n) is 1.82. The summed E-state index contributed by atoms with van der Waals surface area (Å²) in [6, 6.07) is 5.88. The second kappa shape index (κ2) is 4.60. The molecule has 0 aliphatic heterocycles. The van der Waals surface area contributed by atoms with Crippen LogP contribution < -0.4 is 16.4 Å². The quantitative estimate of drug-likeness (QED) is 0.621. The highest BCUT2D eigenvalue weighted by Gasteiger charge is 2.02. The minimum Gasteiger partial charge on any atom is -0.397 e. The van der Waals surface area contributed by atoms with Crippen LogP contribution in [0.4, 0.5) is 17.1 Å². The van der Waals surface area contributed by atoms with Crippen LogP contribution in [-0.4, -0.2) is 13.1 Å². The standard InChI is InChI=1S/C10H17N3/c1-3-12-9-7-5-6-8(11)10(9)13-4-2/h5-7,12-13H,3-4,11H2,1-2H3. The molecule has 0 heterocycles. The first kappa shape index (κ1) is 9.71. The van der Waals surface area contributed by atoms with Crippen LogP contribution in [0.2, 0.25) is 0 Å². The molecule has 0 saturated carbocycles. The van der Waals surface area contributed by atoms with Crippen molar-refractivity contribution in [2.45, 2.75) is 13.8 Å². The summed E-state index contributed by atoms with van der Waals surface area (Å²) in [7, 11) is 0. The van der Waals surface area contributed by atoms with E-state index in [0.717, 1.165) is 30.2 Å². The lowest BCUT2D eigenvalue weighted by Crippen LogP contribution is -2.06. The Labute approximate surface area is 79.3 Å². The molecular formula is C10H17N3. The molecule has 0 saturated heterocycles. The molecule has 0 amide bonds. The summed E-state index contributed by atoms with van der Waals surface area (Å²) in [4.78, 5) is 0. The molecule has 1 rings (SSSR count). The van der Waals surface area contributed by atoms with Gasteiger partial charge < -0.3 is 16.4 Å². The zero-order chi connectivity index (χ0) is 9.68. The second-order valence-corrected chi connectivity index (χ2v) is 2.83. The Morgan fingerprint density at radius 2 is 1.85 bits per heavy atom. The topological polar surface area (TPSA) is 50.1 Å². The molecule has 0 radical (unpaired) electrons. The number of para-hydroxylation sites is 1. The van der Waals surface area contributed by atoms with Gasteiger partial charge in [-0.25, -0.2) is 0 Å². The van der Waals surface area contributed by atoms with Crippen molar-refractivity contribution in [3.8, 4) is 0 Å². The molecule has 0 aromatic heterocycles. The average molecular weight is 179 g/mol. The van der Waals surface area contributed by atoms with Gasteiger partial charge in [-0.3, -0.25) is 0 Å². The summed E-state index contributed by atoms with van der Waals surface area (Å²) in [5.74, 6) is 0. The lowest BCUT2D eigenvalue weighted by Gasteiger charge is -2.13. The van der Waals surface area contributed by atoms with E-state index in [1.807, 2.05) is 18.2 Å². The molecule has 72 valence electrons. The van der Waals surface area contributed by atoms with Gasteiger partial charge in [0.1, 0.15) is 0 Å². The minimum atomic E-state index is 0.792. The van der Waals surface area contributed by atoms with Gasteiger partial charge in [-0.05, 0) is 26.0 Å². The van der Waals surface area contributed by atoms with Gasteiger partial charge in [-0.1, -0.05) is 6.07 Å². The third kappa shape index (κ3) is 2.28. The molecule has 0 unspecified atom stereocenters. The van der Waals surface area contributed by atoms with Crippen LogP contribution in [0.25, 0.3) is 0 Å². The summed E-state index contributed by atoms with van der Waals surface area (Å²) in [6.07, 6.45) is 0. The van der Waals surface area contributed by atoms with Crippen LogP contribution in [-0.2, 0) is 0 Å². The summed E-state index contributed by atoms with van der Waals surface area (Å²) >= 11 is 0. The zero-order valence-electron chi connectivity index (χ0n) is 8.22. The van der Waals surface area contributed by atoms with Gasteiger partial charge in [-0.2, -0.15) is 0 Å². The van der Waals surface area contributed by atoms with Crippen LogP contribution in [0, 0.1) is 0 Å². The number of hydrogen-bond donors (Lipinski definition) is 3. The maximum atomic E-state index is 5.84. The number of nitrogens with two attached hydrogens (primary N) is 1. The molecule has 4 N–H and O–H groups in total. The van der Waals surface area contributed by atoms with E-state index in [1.165, 1.54) is 0 Å². The Morgan fingerprint density at radius 1 is 1.15 bits per heavy atom. The van der Waals surface area contributed by atoms with Crippen molar-refractivity contribution in [3.63, 3.8) is 0 Å². The predicted molar refractivity (Wildman–Crippen MR) is 59.2 cm³/mol. The smallest absolute Gasteiger partial charge is 0.0809 e. The maximum absolute atomic E-state index is 5.84. The lowest BCUT2D eigenvalue weighted by molar-refractivity contribution is 1.18. The Kier molecular flexibility index (Phi) is 3.43. The van der Waals surface area contributed by atoms with Crippen LogP contribution in [0.1, 0.15) is 13.8 Å². The first-order valence-corrected chi connectivity index (χ1v) is 4.65. The van der Waals surface area contributed by atoms with E-state index >= 15 is 0 Å². The molecule has 3 heteroatoms. The van der Waals surface area contributed by atoms with E-state index < -0.39 is 0 Å².